The number of piperazine rings is 1. The molecule has 0 amide bonds. The number of hydrogen-bond donors (Lipinski definition) is 1. The summed E-state index contributed by atoms with van der Waals surface area (Å²) in [7, 11) is 2.23. The molecule has 0 radical (unpaired) electrons. The molecule has 2 rings (SSSR count). The fourth-order valence-corrected chi connectivity index (χ4v) is 2.74. The van der Waals surface area contributed by atoms with Gasteiger partial charge in [0.25, 0.3) is 0 Å². The highest BCUT2D eigenvalue weighted by Gasteiger charge is 2.23. The molecule has 1 aromatic rings. The molecular formula is C16H29N3O. The normalized spacial score (nSPS) is 21.8. The maximum absolute atomic E-state index is 5.70. The van der Waals surface area contributed by atoms with Crippen LogP contribution in [0.5, 0.6) is 0 Å². The minimum atomic E-state index is 0.510. The number of furan rings is 1. The van der Waals surface area contributed by atoms with Gasteiger partial charge in [-0.15, -0.1) is 0 Å². The van der Waals surface area contributed by atoms with E-state index < -0.39 is 0 Å². The SMILES string of the molecule is CCC1CN(Cc2cc(CNC(C)C)co2)CCN1C. The summed E-state index contributed by atoms with van der Waals surface area (Å²) in [5.74, 6) is 1.09. The van der Waals surface area contributed by atoms with Gasteiger partial charge in [0.1, 0.15) is 5.76 Å². The second kappa shape index (κ2) is 7.25. The van der Waals surface area contributed by atoms with E-state index in [9.17, 15) is 0 Å². The Morgan fingerprint density at radius 1 is 1.40 bits per heavy atom. The molecular weight excluding hydrogens is 250 g/mol. The summed E-state index contributed by atoms with van der Waals surface area (Å²) in [5.41, 5.74) is 1.25. The van der Waals surface area contributed by atoms with E-state index in [2.05, 4.69) is 49.0 Å². The second-order valence-electron chi connectivity index (χ2n) is 6.23. The van der Waals surface area contributed by atoms with Crippen molar-refractivity contribution in [1.29, 1.82) is 0 Å². The van der Waals surface area contributed by atoms with Crippen LogP contribution in [-0.4, -0.2) is 48.6 Å². The van der Waals surface area contributed by atoms with Gasteiger partial charge in [0.2, 0.25) is 0 Å². The molecule has 0 saturated carbocycles. The van der Waals surface area contributed by atoms with Crippen molar-refractivity contribution in [3.8, 4) is 0 Å². The number of nitrogens with zero attached hydrogens (tertiary/aromatic N) is 2. The Balaban J connectivity index is 1.84. The molecule has 0 aromatic carbocycles. The van der Waals surface area contributed by atoms with E-state index in [1.54, 1.807) is 0 Å². The molecule has 1 saturated heterocycles. The van der Waals surface area contributed by atoms with Gasteiger partial charge in [0, 0.05) is 43.8 Å². The zero-order chi connectivity index (χ0) is 14.5. The molecule has 0 bridgehead atoms. The average molecular weight is 279 g/mol. The Hall–Kier alpha value is -0.840. The number of hydrogen-bond acceptors (Lipinski definition) is 4. The van der Waals surface area contributed by atoms with E-state index in [4.69, 9.17) is 4.42 Å². The largest absolute Gasteiger partial charge is 0.468 e. The van der Waals surface area contributed by atoms with Crippen molar-refractivity contribution in [3.05, 3.63) is 23.7 Å². The first-order valence-electron chi connectivity index (χ1n) is 7.80. The van der Waals surface area contributed by atoms with Crippen molar-refractivity contribution in [2.24, 2.45) is 0 Å². The van der Waals surface area contributed by atoms with E-state index in [1.807, 2.05) is 6.26 Å². The summed E-state index contributed by atoms with van der Waals surface area (Å²) in [4.78, 5) is 4.98. The lowest BCUT2D eigenvalue weighted by molar-refractivity contribution is 0.0836. The Morgan fingerprint density at radius 3 is 2.90 bits per heavy atom. The minimum Gasteiger partial charge on any atom is -0.468 e. The van der Waals surface area contributed by atoms with Crippen molar-refractivity contribution in [3.63, 3.8) is 0 Å². The summed E-state index contributed by atoms with van der Waals surface area (Å²) in [5, 5.41) is 3.42. The molecule has 2 heterocycles. The maximum atomic E-state index is 5.70. The van der Waals surface area contributed by atoms with Crippen LogP contribution in [0.2, 0.25) is 0 Å². The zero-order valence-electron chi connectivity index (χ0n) is 13.4. The van der Waals surface area contributed by atoms with Gasteiger partial charge >= 0.3 is 0 Å². The van der Waals surface area contributed by atoms with Gasteiger partial charge in [-0.05, 0) is 19.5 Å². The van der Waals surface area contributed by atoms with Gasteiger partial charge in [-0.1, -0.05) is 20.8 Å². The van der Waals surface area contributed by atoms with Crippen molar-refractivity contribution in [2.45, 2.75) is 52.4 Å². The van der Waals surface area contributed by atoms with Crippen molar-refractivity contribution in [2.75, 3.05) is 26.7 Å². The van der Waals surface area contributed by atoms with E-state index in [1.165, 1.54) is 12.0 Å². The second-order valence-corrected chi connectivity index (χ2v) is 6.23. The summed E-state index contributed by atoms with van der Waals surface area (Å²) >= 11 is 0. The Bertz CT molecular complexity index is 402. The van der Waals surface area contributed by atoms with Gasteiger partial charge in [-0.2, -0.15) is 0 Å². The molecule has 4 nitrogen and oxygen atoms in total. The minimum absolute atomic E-state index is 0.510. The van der Waals surface area contributed by atoms with Crippen LogP contribution in [0, 0.1) is 0 Å². The first-order valence-corrected chi connectivity index (χ1v) is 7.80. The summed E-state index contributed by atoms with van der Waals surface area (Å²) in [6.07, 6.45) is 3.10. The highest BCUT2D eigenvalue weighted by molar-refractivity contribution is 5.12. The molecule has 114 valence electrons. The van der Waals surface area contributed by atoms with Crippen LogP contribution < -0.4 is 5.32 Å². The molecule has 0 aliphatic carbocycles. The molecule has 1 unspecified atom stereocenters. The molecule has 0 spiro atoms. The van der Waals surface area contributed by atoms with E-state index in [-0.39, 0.29) is 0 Å². The first kappa shape index (κ1) is 15.5. The Labute approximate surface area is 123 Å². The van der Waals surface area contributed by atoms with Crippen molar-refractivity contribution in [1.82, 2.24) is 15.1 Å². The highest BCUT2D eigenvalue weighted by Crippen LogP contribution is 2.15. The standard InChI is InChI=1S/C16H29N3O/c1-5-15-10-19(7-6-18(15)4)11-16-8-14(12-20-16)9-17-13(2)3/h8,12-13,15,17H,5-7,9-11H2,1-4H3. The number of rotatable bonds is 6. The quantitative estimate of drug-likeness (QED) is 0.866. The Morgan fingerprint density at radius 2 is 2.20 bits per heavy atom. The van der Waals surface area contributed by atoms with Gasteiger partial charge in [-0.25, -0.2) is 0 Å². The van der Waals surface area contributed by atoms with Gasteiger partial charge in [-0.3, -0.25) is 4.90 Å². The Kier molecular flexibility index (Phi) is 5.64. The predicted molar refractivity (Wildman–Crippen MR) is 82.7 cm³/mol. The lowest BCUT2D eigenvalue weighted by Gasteiger charge is -2.38. The summed E-state index contributed by atoms with van der Waals surface area (Å²) < 4.78 is 5.70. The predicted octanol–water partition coefficient (Wildman–Crippen LogP) is 2.30. The summed E-state index contributed by atoms with van der Waals surface area (Å²) in [6.45, 7) is 11.9. The van der Waals surface area contributed by atoms with Crippen LogP contribution in [0.4, 0.5) is 0 Å². The number of likely N-dealkylation sites (N-methyl/N-ethyl adjacent to an activating group) is 1. The molecule has 1 atom stereocenters. The van der Waals surface area contributed by atoms with E-state index >= 15 is 0 Å². The fraction of sp³-hybridized carbons (Fsp3) is 0.750. The van der Waals surface area contributed by atoms with Crippen LogP contribution in [0.3, 0.4) is 0 Å². The molecule has 4 heteroatoms. The van der Waals surface area contributed by atoms with Crippen LogP contribution in [0.25, 0.3) is 0 Å². The molecule has 20 heavy (non-hydrogen) atoms. The third-order valence-electron chi connectivity index (χ3n) is 4.13. The van der Waals surface area contributed by atoms with Gasteiger partial charge in [0.05, 0.1) is 12.8 Å². The van der Waals surface area contributed by atoms with E-state index in [0.29, 0.717) is 12.1 Å². The fourth-order valence-electron chi connectivity index (χ4n) is 2.74. The average Bonchev–Trinajstić information content (AvgIpc) is 2.86. The molecule has 1 N–H and O–H groups in total. The lowest BCUT2D eigenvalue weighted by atomic mass is 10.1. The zero-order valence-corrected chi connectivity index (χ0v) is 13.4. The van der Waals surface area contributed by atoms with Crippen molar-refractivity contribution < 1.29 is 4.42 Å². The maximum Gasteiger partial charge on any atom is 0.118 e. The van der Waals surface area contributed by atoms with Gasteiger partial charge < -0.3 is 14.6 Å². The van der Waals surface area contributed by atoms with Crippen LogP contribution in [0.1, 0.15) is 38.5 Å². The van der Waals surface area contributed by atoms with Gasteiger partial charge in [0.15, 0.2) is 0 Å². The third kappa shape index (κ3) is 4.33. The van der Waals surface area contributed by atoms with Crippen LogP contribution in [0.15, 0.2) is 16.7 Å². The van der Waals surface area contributed by atoms with Crippen LogP contribution >= 0.6 is 0 Å². The van der Waals surface area contributed by atoms with Crippen molar-refractivity contribution >= 4 is 0 Å². The molecule has 1 aliphatic heterocycles. The lowest BCUT2D eigenvalue weighted by Crippen LogP contribution is -2.50. The summed E-state index contributed by atoms with van der Waals surface area (Å²) in [6, 6.07) is 3.38. The monoisotopic (exact) mass is 279 g/mol. The first-order chi connectivity index (χ1) is 9.58. The third-order valence-corrected chi connectivity index (χ3v) is 4.13. The van der Waals surface area contributed by atoms with Crippen LogP contribution in [-0.2, 0) is 13.1 Å². The molecule has 1 aliphatic rings. The van der Waals surface area contributed by atoms with E-state index in [0.717, 1.165) is 38.5 Å². The molecule has 1 fully saturated rings. The number of nitrogens with one attached hydrogen (secondary N) is 1. The molecule has 1 aromatic heterocycles. The highest BCUT2D eigenvalue weighted by atomic mass is 16.3. The smallest absolute Gasteiger partial charge is 0.118 e. The topological polar surface area (TPSA) is 31.6 Å².